The van der Waals surface area contributed by atoms with Crippen LogP contribution in [-0.2, 0) is 16.0 Å². The van der Waals surface area contributed by atoms with Crippen LogP contribution in [0.15, 0.2) is 72.0 Å². The van der Waals surface area contributed by atoms with Crippen LogP contribution < -0.4 is 0 Å². The van der Waals surface area contributed by atoms with Crippen molar-refractivity contribution in [3.8, 4) is 0 Å². The van der Waals surface area contributed by atoms with Crippen LogP contribution in [0.1, 0.15) is 61.9 Å². The average Bonchev–Trinajstić information content (AvgIpc) is 3.03. The molecule has 5 heteroatoms. The molecule has 2 aromatic rings. The molecular formula is C27H31NO4. The van der Waals surface area contributed by atoms with Crippen molar-refractivity contribution in [3.63, 3.8) is 0 Å². The zero-order valence-corrected chi connectivity index (χ0v) is 18.8. The van der Waals surface area contributed by atoms with Crippen LogP contribution in [0.5, 0.6) is 0 Å². The first-order valence-electron chi connectivity index (χ1n) is 11.3. The Balaban J connectivity index is 1.66. The van der Waals surface area contributed by atoms with Gasteiger partial charge >= 0.3 is 0 Å². The maximum atomic E-state index is 13.1. The lowest BCUT2D eigenvalue weighted by atomic mass is 9.99. The number of hydrogen-bond acceptors (Lipinski definition) is 4. The fraction of sp³-hybridized carbons (Fsp3) is 0.370. The molecule has 0 radical (unpaired) electrons. The van der Waals surface area contributed by atoms with Crippen LogP contribution >= 0.6 is 0 Å². The summed E-state index contributed by atoms with van der Waals surface area (Å²) in [5, 5.41) is 10.8. The lowest BCUT2D eigenvalue weighted by Gasteiger charge is -2.25. The predicted molar refractivity (Wildman–Crippen MR) is 124 cm³/mol. The molecule has 1 unspecified atom stereocenters. The molecule has 2 aromatic carbocycles. The van der Waals surface area contributed by atoms with Crippen LogP contribution in [-0.4, -0.2) is 33.6 Å². The van der Waals surface area contributed by atoms with Crippen molar-refractivity contribution >= 4 is 17.6 Å². The van der Waals surface area contributed by atoms with Gasteiger partial charge in [0.25, 0.3) is 11.8 Å². The number of imide groups is 1. The number of hydrogen-bond donors (Lipinski definition) is 1. The van der Waals surface area contributed by atoms with Crippen LogP contribution in [0.3, 0.4) is 0 Å². The van der Waals surface area contributed by atoms with Crippen molar-refractivity contribution in [1.82, 2.24) is 4.90 Å². The number of aliphatic hydroxyl groups is 1. The molecule has 3 rings (SSSR count). The van der Waals surface area contributed by atoms with E-state index in [1.165, 1.54) is 5.56 Å². The Bertz CT molecular complexity index is 979. The largest absolute Gasteiger partial charge is 0.509 e. The van der Waals surface area contributed by atoms with E-state index in [-0.39, 0.29) is 29.5 Å². The van der Waals surface area contributed by atoms with Gasteiger partial charge < -0.3 is 5.11 Å². The minimum Gasteiger partial charge on any atom is -0.509 e. The topological polar surface area (TPSA) is 74.7 Å². The summed E-state index contributed by atoms with van der Waals surface area (Å²) in [5.41, 5.74) is 1.40. The number of ketones is 1. The number of nitrogens with zero attached hydrogens (tertiary/aromatic N) is 1. The van der Waals surface area contributed by atoms with E-state index in [0.717, 1.165) is 24.2 Å². The van der Waals surface area contributed by atoms with Crippen molar-refractivity contribution in [2.45, 2.75) is 58.4 Å². The number of amides is 2. The second kappa shape index (κ2) is 10.9. The van der Waals surface area contributed by atoms with Crippen molar-refractivity contribution in [2.75, 3.05) is 0 Å². The van der Waals surface area contributed by atoms with Crippen LogP contribution in [0.2, 0.25) is 0 Å². The second-order valence-electron chi connectivity index (χ2n) is 8.72. The molecule has 0 fully saturated rings. The summed E-state index contributed by atoms with van der Waals surface area (Å²) >= 11 is 0. The summed E-state index contributed by atoms with van der Waals surface area (Å²) in [6, 6.07) is 17.9. The zero-order valence-electron chi connectivity index (χ0n) is 18.8. The smallest absolute Gasteiger partial charge is 0.268 e. The first-order chi connectivity index (χ1) is 15.4. The van der Waals surface area contributed by atoms with Gasteiger partial charge in [-0.05, 0) is 49.3 Å². The first-order valence-corrected chi connectivity index (χ1v) is 11.3. The van der Waals surface area contributed by atoms with Gasteiger partial charge in [0.15, 0.2) is 5.78 Å². The third-order valence-corrected chi connectivity index (χ3v) is 5.74. The van der Waals surface area contributed by atoms with Gasteiger partial charge in [0.2, 0.25) is 0 Å². The monoisotopic (exact) mass is 433 g/mol. The lowest BCUT2D eigenvalue weighted by molar-refractivity contribution is -0.127. The number of carbonyl (C=O) groups is 3. The molecule has 1 aliphatic heterocycles. The number of aryl methyl sites for hydroxylation is 1. The molecule has 0 bridgehead atoms. The summed E-state index contributed by atoms with van der Waals surface area (Å²) in [6.45, 7) is 3.91. The Morgan fingerprint density at radius 1 is 0.938 bits per heavy atom. The van der Waals surface area contributed by atoms with Crippen LogP contribution in [0.25, 0.3) is 0 Å². The van der Waals surface area contributed by atoms with Crippen molar-refractivity contribution in [3.05, 3.63) is 83.1 Å². The molecule has 1 N–H and O–H groups in total. The van der Waals surface area contributed by atoms with Gasteiger partial charge in [0.05, 0.1) is 6.04 Å². The highest BCUT2D eigenvalue weighted by Gasteiger charge is 2.45. The Kier molecular flexibility index (Phi) is 7.98. The summed E-state index contributed by atoms with van der Waals surface area (Å²) in [6.07, 6.45) is 3.97. The lowest BCUT2D eigenvalue weighted by Crippen LogP contribution is -2.42. The number of benzene rings is 2. The highest BCUT2D eigenvalue weighted by molar-refractivity contribution is 6.26. The van der Waals surface area contributed by atoms with Gasteiger partial charge in [-0.3, -0.25) is 19.3 Å². The second-order valence-corrected chi connectivity index (χ2v) is 8.72. The molecule has 0 spiro atoms. The zero-order chi connectivity index (χ0) is 23.1. The number of unbranched alkanes of at least 4 members (excludes halogenated alkanes) is 2. The molecule has 0 saturated heterocycles. The minimum absolute atomic E-state index is 0.133. The molecule has 2 amide bonds. The highest BCUT2D eigenvalue weighted by atomic mass is 16.3. The summed E-state index contributed by atoms with van der Waals surface area (Å²) < 4.78 is 0. The van der Waals surface area contributed by atoms with E-state index in [4.69, 9.17) is 0 Å². The van der Waals surface area contributed by atoms with Gasteiger partial charge in [0.1, 0.15) is 11.3 Å². The summed E-state index contributed by atoms with van der Waals surface area (Å²) in [4.78, 5) is 40.1. The van der Waals surface area contributed by atoms with Gasteiger partial charge in [0, 0.05) is 12.0 Å². The Morgan fingerprint density at radius 2 is 1.56 bits per heavy atom. The molecule has 0 saturated carbocycles. The van der Waals surface area contributed by atoms with Gasteiger partial charge in [-0.25, -0.2) is 0 Å². The number of rotatable bonds is 10. The van der Waals surface area contributed by atoms with Crippen molar-refractivity contribution in [1.29, 1.82) is 0 Å². The molecule has 5 nitrogen and oxygen atoms in total. The Morgan fingerprint density at radius 3 is 2.19 bits per heavy atom. The van der Waals surface area contributed by atoms with Crippen LogP contribution in [0, 0.1) is 5.92 Å². The molecular weight excluding hydrogens is 402 g/mol. The predicted octanol–water partition coefficient (Wildman–Crippen LogP) is 5.27. The Hall–Kier alpha value is -3.21. The van der Waals surface area contributed by atoms with E-state index < -0.39 is 17.9 Å². The van der Waals surface area contributed by atoms with Crippen molar-refractivity contribution in [2.24, 2.45) is 5.92 Å². The molecule has 1 aliphatic rings. The molecule has 0 aromatic heterocycles. The molecule has 1 atom stereocenters. The number of aliphatic hydroxyl groups excluding tert-OH is 1. The average molecular weight is 434 g/mol. The molecule has 1 heterocycles. The third-order valence-electron chi connectivity index (χ3n) is 5.74. The van der Waals surface area contributed by atoms with E-state index >= 15 is 0 Å². The van der Waals surface area contributed by atoms with Gasteiger partial charge in [-0.2, -0.15) is 0 Å². The summed E-state index contributed by atoms with van der Waals surface area (Å²) in [7, 11) is 0. The van der Waals surface area contributed by atoms with E-state index in [9.17, 15) is 19.5 Å². The van der Waals surface area contributed by atoms with Crippen molar-refractivity contribution < 1.29 is 19.5 Å². The van der Waals surface area contributed by atoms with Gasteiger partial charge in [-0.1, -0.05) is 68.8 Å². The molecule has 32 heavy (non-hydrogen) atoms. The van der Waals surface area contributed by atoms with E-state index in [0.29, 0.717) is 18.4 Å². The fourth-order valence-corrected chi connectivity index (χ4v) is 4.10. The van der Waals surface area contributed by atoms with E-state index in [1.807, 2.05) is 32.0 Å². The fourth-order valence-electron chi connectivity index (χ4n) is 4.10. The van der Waals surface area contributed by atoms with Crippen LogP contribution in [0.4, 0.5) is 0 Å². The highest BCUT2D eigenvalue weighted by Crippen LogP contribution is 2.31. The normalized spacial score (nSPS) is 16.2. The van der Waals surface area contributed by atoms with E-state index in [1.54, 1.807) is 30.3 Å². The molecule has 0 aliphatic carbocycles. The van der Waals surface area contributed by atoms with E-state index in [2.05, 4.69) is 12.1 Å². The van der Waals surface area contributed by atoms with Gasteiger partial charge in [-0.15, -0.1) is 0 Å². The first kappa shape index (κ1) is 23.5. The SMILES string of the molecule is CC(C)CC1C(O)=C(C(=O)CCCCCc2ccccc2)C(=O)N1C(=O)c1ccccc1. The number of carbonyl (C=O) groups excluding carboxylic acids is 3. The maximum Gasteiger partial charge on any atom is 0.268 e. The maximum absolute atomic E-state index is 13.1. The molecule has 168 valence electrons. The third kappa shape index (κ3) is 5.52. The quantitative estimate of drug-likeness (QED) is 0.315. The minimum atomic E-state index is -0.799. The Labute approximate surface area is 189 Å². The summed E-state index contributed by atoms with van der Waals surface area (Å²) in [5.74, 6) is -1.69. The number of Topliss-reactive ketones (excluding diaryl/α,β-unsaturated/α-hetero) is 1. The standard InChI is InChI=1S/C27H31NO4/c1-19(2)18-22-25(30)24(27(32)28(22)26(31)21-15-9-5-10-16-21)23(29)17-11-4-8-14-20-12-6-3-7-13-20/h3,5-7,9-10,12-13,15-16,19,22,30H,4,8,11,14,17-18H2,1-2H3.